The molecule has 0 saturated carbocycles. The SMILES string of the molecule is O=C(OC(COc1ccccc1)COc1ccc(Oc2ccccc2)cc1)c1ccccc1. The van der Waals surface area contributed by atoms with E-state index in [1.54, 1.807) is 24.3 Å². The molecular formula is C28H24O5. The molecule has 5 heteroatoms. The van der Waals surface area contributed by atoms with E-state index in [1.807, 2.05) is 91.0 Å². The van der Waals surface area contributed by atoms with Crippen LogP contribution in [0.25, 0.3) is 0 Å². The van der Waals surface area contributed by atoms with Crippen LogP contribution in [0.4, 0.5) is 0 Å². The lowest BCUT2D eigenvalue weighted by molar-refractivity contribution is 0.00258. The van der Waals surface area contributed by atoms with Gasteiger partial charge in [0.2, 0.25) is 0 Å². The average molecular weight is 440 g/mol. The summed E-state index contributed by atoms with van der Waals surface area (Å²) in [5, 5.41) is 0. The first-order chi connectivity index (χ1) is 16.3. The van der Waals surface area contributed by atoms with Crippen LogP contribution in [-0.2, 0) is 4.74 Å². The fourth-order valence-electron chi connectivity index (χ4n) is 3.03. The Morgan fingerprint density at radius 3 is 1.55 bits per heavy atom. The number of para-hydroxylation sites is 2. The Morgan fingerprint density at radius 1 is 0.545 bits per heavy atom. The van der Waals surface area contributed by atoms with E-state index in [1.165, 1.54) is 0 Å². The van der Waals surface area contributed by atoms with E-state index < -0.39 is 12.1 Å². The molecule has 1 unspecified atom stereocenters. The summed E-state index contributed by atoms with van der Waals surface area (Å²) in [4.78, 5) is 12.5. The Hall–Kier alpha value is -4.25. The maximum absolute atomic E-state index is 12.5. The van der Waals surface area contributed by atoms with Crippen LogP contribution in [0.5, 0.6) is 23.0 Å². The lowest BCUT2D eigenvalue weighted by Crippen LogP contribution is -2.31. The summed E-state index contributed by atoms with van der Waals surface area (Å²) >= 11 is 0. The quantitative estimate of drug-likeness (QED) is 0.276. The van der Waals surface area contributed by atoms with Gasteiger partial charge in [-0.15, -0.1) is 0 Å². The Kier molecular flexibility index (Phi) is 7.58. The molecule has 1 atom stereocenters. The molecule has 0 aliphatic rings. The van der Waals surface area contributed by atoms with Gasteiger partial charge in [0.25, 0.3) is 0 Å². The summed E-state index contributed by atoms with van der Waals surface area (Å²) in [6.07, 6.45) is -0.599. The monoisotopic (exact) mass is 440 g/mol. The molecule has 4 aromatic carbocycles. The van der Waals surface area contributed by atoms with Crippen molar-refractivity contribution in [2.24, 2.45) is 0 Å². The van der Waals surface area contributed by atoms with Gasteiger partial charge in [-0.25, -0.2) is 4.79 Å². The van der Waals surface area contributed by atoms with E-state index in [-0.39, 0.29) is 13.2 Å². The maximum atomic E-state index is 12.5. The van der Waals surface area contributed by atoms with Gasteiger partial charge in [0.15, 0.2) is 6.10 Å². The molecule has 0 radical (unpaired) electrons. The maximum Gasteiger partial charge on any atom is 0.338 e. The molecular weight excluding hydrogens is 416 g/mol. The summed E-state index contributed by atoms with van der Waals surface area (Å²) < 4.78 is 23.2. The van der Waals surface area contributed by atoms with E-state index in [9.17, 15) is 4.79 Å². The third-order valence-electron chi connectivity index (χ3n) is 4.70. The number of carbonyl (C=O) groups is 1. The second-order valence-corrected chi connectivity index (χ2v) is 7.21. The fourth-order valence-corrected chi connectivity index (χ4v) is 3.03. The highest BCUT2D eigenvalue weighted by Gasteiger charge is 2.18. The summed E-state index contributed by atoms with van der Waals surface area (Å²) in [6, 6.07) is 35.1. The molecule has 0 heterocycles. The topological polar surface area (TPSA) is 54.0 Å². The first-order valence-electron chi connectivity index (χ1n) is 10.7. The second-order valence-electron chi connectivity index (χ2n) is 7.21. The van der Waals surface area contributed by atoms with Crippen molar-refractivity contribution in [3.63, 3.8) is 0 Å². The Morgan fingerprint density at radius 2 is 0.970 bits per heavy atom. The van der Waals surface area contributed by atoms with Crippen LogP contribution in [-0.4, -0.2) is 25.3 Å². The zero-order valence-corrected chi connectivity index (χ0v) is 18.0. The molecule has 4 rings (SSSR count). The minimum atomic E-state index is -0.599. The van der Waals surface area contributed by atoms with Crippen molar-refractivity contribution in [3.8, 4) is 23.0 Å². The van der Waals surface area contributed by atoms with Gasteiger partial charge in [-0.3, -0.25) is 0 Å². The number of benzene rings is 4. The number of carbonyl (C=O) groups excluding carboxylic acids is 1. The third kappa shape index (κ3) is 6.87. The van der Waals surface area contributed by atoms with Gasteiger partial charge < -0.3 is 18.9 Å². The summed E-state index contributed by atoms with van der Waals surface area (Å²) in [5.41, 5.74) is 0.477. The third-order valence-corrected chi connectivity index (χ3v) is 4.70. The van der Waals surface area contributed by atoms with Gasteiger partial charge in [-0.2, -0.15) is 0 Å². The minimum absolute atomic E-state index is 0.143. The van der Waals surface area contributed by atoms with Crippen molar-refractivity contribution in [1.29, 1.82) is 0 Å². The number of esters is 1. The second kappa shape index (κ2) is 11.4. The molecule has 0 spiro atoms. The number of hydrogen-bond acceptors (Lipinski definition) is 5. The highest BCUT2D eigenvalue weighted by molar-refractivity contribution is 5.89. The van der Waals surface area contributed by atoms with Crippen molar-refractivity contribution in [1.82, 2.24) is 0 Å². The minimum Gasteiger partial charge on any atom is -0.490 e. The molecule has 5 nitrogen and oxygen atoms in total. The van der Waals surface area contributed by atoms with Crippen molar-refractivity contribution in [2.45, 2.75) is 6.10 Å². The van der Waals surface area contributed by atoms with E-state index in [0.717, 1.165) is 5.75 Å². The smallest absolute Gasteiger partial charge is 0.338 e. The van der Waals surface area contributed by atoms with Gasteiger partial charge >= 0.3 is 5.97 Å². The van der Waals surface area contributed by atoms with Gasteiger partial charge in [-0.05, 0) is 60.7 Å². The van der Waals surface area contributed by atoms with Crippen LogP contribution in [0, 0.1) is 0 Å². The molecule has 0 bridgehead atoms. The van der Waals surface area contributed by atoms with Crippen LogP contribution >= 0.6 is 0 Å². The lowest BCUT2D eigenvalue weighted by atomic mass is 10.2. The van der Waals surface area contributed by atoms with E-state index >= 15 is 0 Å². The summed E-state index contributed by atoms with van der Waals surface area (Å²) in [5.74, 6) is 2.37. The molecule has 0 amide bonds. The molecule has 0 saturated heterocycles. The molecule has 4 aromatic rings. The van der Waals surface area contributed by atoms with Crippen molar-refractivity contribution in [2.75, 3.05) is 13.2 Å². The van der Waals surface area contributed by atoms with Crippen LogP contribution in [0.1, 0.15) is 10.4 Å². The van der Waals surface area contributed by atoms with Crippen LogP contribution in [0.3, 0.4) is 0 Å². The van der Waals surface area contributed by atoms with Crippen LogP contribution in [0.15, 0.2) is 115 Å². The largest absolute Gasteiger partial charge is 0.490 e. The van der Waals surface area contributed by atoms with Crippen LogP contribution < -0.4 is 14.2 Å². The van der Waals surface area contributed by atoms with E-state index in [2.05, 4.69) is 0 Å². The molecule has 0 N–H and O–H groups in total. The fraction of sp³-hybridized carbons (Fsp3) is 0.107. The Labute approximate surface area is 193 Å². The highest BCUT2D eigenvalue weighted by atomic mass is 16.6. The number of rotatable bonds is 10. The van der Waals surface area contributed by atoms with Gasteiger partial charge in [0.1, 0.15) is 36.2 Å². The Balaban J connectivity index is 1.37. The zero-order valence-electron chi connectivity index (χ0n) is 18.0. The Bertz CT molecular complexity index is 1110. The number of ether oxygens (including phenoxy) is 4. The first-order valence-corrected chi connectivity index (χ1v) is 10.7. The van der Waals surface area contributed by atoms with Gasteiger partial charge in [-0.1, -0.05) is 54.6 Å². The molecule has 0 fully saturated rings. The molecule has 0 aromatic heterocycles. The van der Waals surface area contributed by atoms with E-state index in [0.29, 0.717) is 22.8 Å². The molecule has 33 heavy (non-hydrogen) atoms. The van der Waals surface area contributed by atoms with Gasteiger partial charge in [0, 0.05) is 0 Å². The summed E-state index contributed by atoms with van der Waals surface area (Å²) in [6.45, 7) is 0.308. The molecule has 166 valence electrons. The zero-order chi connectivity index (χ0) is 22.7. The standard InChI is InChI=1S/C28H24O5/c29-28(22-10-4-1-5-11-22)33-27(20-30-23-12-6-2-7-13-23)21-31-24-16-18-26(19-17-24)32-25-14-8-3-9-15-25/h1-19,27H,20-21H2. The predicted octanol–water partition coefficient (Wildman–Crippen LogP) is 6.16. The highest BCUT2D eigenvalue weighted by Crippen LogP contribution is 2.23. The van der Waals surface area contributed by atoms with Crippen molar-refractivity contribution in [3.05, 3.63) is 121 Å². The lowest BCUT2D eigenvalue weighted by Gasteiger charge is -2.19. The number of hydrogen-bond donors (Lipinski definition) is 0. The predicted molar refractivity (Wildman–Crippen MR) is 126 cm³/mol. The van der Waals surface area contributed by atoms with Crippen molar-refractivity contribution >= 4 is 5.97 Å². The summed E-state index contributed by atoms with van der Waals surface area (Å²) in [7, 11) is 0. The van der Waals surface area contributed by atoms with Gasteiger partial charge in [0.05, 0.1) is 5.56 Å². The normalized spacial score (nSPS) is 11.3. The van der Waals surface area contributed by atoms with E-state index in [4.69, 9.17) is 18.9 Å². The van der Waals surface area contributed by atoms with Crippen LogP contribution in [0.2, 0.25) is 0 Å². The van der Waals surface area contributed by atoms with Crippen molar-refractivity contribution < 1.29 is 23.7 Å². The first kappa shape index (κ1) is 22.0. The molecule has 0 aliphatic heterocycles. The average Bonchev–Trinajstić information content (AvgIpc) is 2.88. The molecule has 0 aliphatic carbocycles.